The number of benzene rings is 1. The summed E-state index contributed by atoms with van der Waals surface area (Å²) in [5.41, 5.74) is 2.51. The van der Waals surface area contributed by atoms with E-state index in [1.165, 1.54) is 11.3 Å². The lowest BCUT2D eigenvalue weighted by molar-refractivity contribution is -0.941. The lowest BCUT2D eigenvalue weighted by Gasteiger charge is -2.42. The van der Waals surface area contributed by atoms with Crippen LogP contribution in [-0.4, -0.2) is 30.3 Å². The molecule has 3 heteroatoms. The maximum atomic E-state index is 6.07. The number of hydrogen-bond acceptors (Lipinski definition) is 1. The van der Waals surface area contributed by atoms with Gasteiger partial charge < -0.3 is 9.80 Å². The molecule has 0 aliphatic rings. The van der Waals surface area contributed by atoms with E-state index < -0.39 is 0 Å². The van der Waals surface area contributed by atoms with Gasteiger partial charge in [-0.3, -0.25) is 0 Å². The fraction of sp³-hybridized carbons (Fsp3) is 0.625. The quantitative estimate of drug-likeness (QED) is 0.572. The minimum Gasteiger partial charge on any atom is -0.336 e. The molecule has 0 bridgehead atoms. The van der Waals surface area contributed by atoms with Crippen molar-refractivity contribution < 1.29 is 4.48 Å². The van der Waals surface area contributed by atoms with Crippen molar-refractivity contribution >= 4 is 17.3 Å². The minimum atomic E-state index is 0.409. The van der Waals surface area contributed by atoms with Crippen LogP contribution >= 0.6 is 11.6 Å². The van der Waals surface area contributed by atoms with Crippen LogP contribution in [0.4, 0.5) is 5.69 Å². The Balaban J connectivity index is 2.95. The SMILES string of the molecule is CCc1cc(Cl)ccc1NC(C)[N+](CC)(CC)CC. The van der Waals surface area contributed by atoms with Crippen LogP contribution in [0.5, 0.6) is 0 Å². The highest BCUT2D eigenvalue weighted by Gasteiger charge is 2.28. The molecule has 1 atom stereocenters. The summed E-state index contributed by atoms with van der Waals surface area (Å²) in [7, 11) is 0. The molecule has 0 amide bonds. The first-order valence-corrected chi connectivity index (χ1v) is 7.81. The van der Waals surface area contributed by atoms with Gasteiger partial charge in [-0.1, -0.05) is 18.5 Å². The van der Waals surface area contributed by atoms with Crippen molar-refractivity contribution in [3.05, 3.63) is 28.8 Å². The number of anilines is 1. The van der Waals surface area contributed by atoms with Gasteiger partial charge in [0.1, 0.15) is 0 Å². The summed E-state index contributed by atoms with van der Waals surface area (Å²) in [6.07, 6.45) is 1.41. The van der Waals surface area contributed by atoms with Gasteiger partial charge in [0.2, 0.25) is 0 Å². The van der Waals surface area contributed by atoms with E-state index >= 15 is 0 Å². The molecule has 19 heavy (non-hydrogen) atoms. The Bertz CT molecular complexity index is 391. The first-order chi connectivity index (χ1) is 9.02. The summed E-state index contributed by atoms with van der Waals surface area (Å²) in [5, 5.41) is 4.51. The highest BCUT2D eigenvalue weighted by molar-refractivity contribution is 6.30. The smallest absolute Gasteiger partial charge is 0.159 e. The fourth-order valence-corrected chi connectivity index (χ4v) is 3.04. The lowest BCUT2D eigenvalue weighted by atomic mass is 10.1. The lowest BCUT2D eigenvalue weighted by Crippen LogP contribution is -2.57. The second kappa shape index (κ2) is 7.16. The van der Waals surface area contributed by atoms with E-state index in [-0.39, 0.29) is 0 Å². The van der Waals surface area contributed by atoms with Gasteiger partial charge in [0.25, 0.3) is 0 Å². The molecule has 108 valence electrons. The summed E-state index contributed by atoms with van der Waals surface area (Å²) in [6, 6.07) is 6.14. The van der Waals surface area contributed by atoms with Crippen molar-refractivity contribution in [1.82, 2.24) is 0 Å². The average Bonchev–Trinajstić information content (AvgIpc) is 2.43. The van der Waals surface area contributed by atoms with E-state index in [0.29, 0.717) is 6.17 Å². The van der Waals surface area contributed by atoms with Crippen LogP contribution in [0.15, 0.2) is 18.2 Å². The van der Waals surface area contributed by atoms with E-state index in [2.05, 4.69) is 52.1 Å². The Morgan fingerprint density at radius 1 is 1.11 bits per heavy atom. The summed E-state index contributed by atoms with van der Waals surface area (Å²) in [5.74, 6) is 0. The number of nitrogens with zero attached hydrogens (tertiary/aromatic N) is 1. The van der Waals surface area contributed by atoms with Gasteiger partial charge in [0.15, 0.2) is 6.17 Å². The average molecular weight is 284 g/mol. The summed E-state index contributed by atoms with van der Waals surface area (Å²) >= 11 is 6.07. The van der Waals surface area contributed by atoms with Gasteiger partial charge in [0.05, 0.1) is 19.6 Å². The normalized spacial score (nSPS) is 13.4. The molecule has 0 aromatic heterocycles. The standard InChI is InChI=1S/C16H28ClN2/c1-6-14-12-15(17)10-11-16(14)18-13(5)19(7-2,8-3)9-4/h10-13,18H,6-9H2,1-5H3/q+1. The van der Waals surface area contributed by atoms with Crippen molar-refractivity contribution in [2.24, 2.45) is 0 Å². The zero-order valence-electron chi connectivity index (χ0n) is 13.0. The van der Waals surface area contributed by atoms with E-state index in [4.69, 9.17) is 11.6 Å². The predicted molar refractivity (Wildman–Crippen MR) is 85.8 cm³/mol. The van der Waals surface area contributed by atoms with Gasteiger partial charge in [-0.05, 0) is 51.0 Å². The topological polar surface area (TPSA) is 12.0 Å². The van der Waals surface area contributed by atoms with Gasteiger partial charge in [-0.15, -0.1) is 0 Å². The minimum absolute atomic E-state index is 0.409. The second-order valence-electron chi connectivity index (χ2n) is 5.14. The Morgan fingerprint density at radius 3 is 2.16 bits per heavy atom. The van der Waals surface area contributed by atoms with Crippen LogP contribution < -0.4 is 5.32 Å². The maximum Gasteiger partial charge on any atom is 0.159 e. The van der Waals surface area contributed by atoms with E-state index in [1.54, 1.807) is 0 Å². The molecule has 0 spiro atoms. The van der Waals surface area contributed by atoms with E-state index in [0.717, 1.165) is 35.6 Å². The van der Waals surface area contributed by atoms with Crippen LogP contribution in [0, 0.1) is 0 Å². The number of rotatable bonds is 7. The highest BCUT2D eigenvalue weighted by atomic mass is 35.5. The van der Waals surface area contributed by atoms with Gasteiger partial charge in [-0.2, -0.15) is 0 Å². The zero-order valence-corrected chi connectivity index (χ0v) is 13.7. The molecule has 1 aromatic carbocycles. The van der Waals surface area contributed by atoms with Crippen LogP contribution in [0.1, 0.15) is 40.2 Å². The molecular formula is C16H28ClN2+. The Labute approximate surface area is 123 Å². The predicted octanol–water partition coefficient (Wildman–Crippen LogP) is 4.54. The number of hydrogen-bond donors (Lipinski definition) is 1. The second-order valence-corrected chi connectivity index (χ2v) is 5.58. The molecule has 0 saturated heterocycles. The Kier molecular flexibility index (Phi) is 6.15. The summed E-state index contributed by atoms with van der Waals surface area (Å²) in [4.78, 5) is 0. The fourth-order valence-electron chi connectivity index (χ4n) is 2.85. The molecular weight excluding hydrogens is 256 g/mol. The Hall–Kier alpha value is -0.730. The van der Waals surface area contributed by atoms with Gasteiger partial charge in [-0.25, -0.2) is 0 Å². The van der Waals surface area contributed by atoms with Crippen molar-refractivity contribution in [3.8, 4) is 0 Å². The number of halogens is 1. The van der Waals surface area contributed by atoms with Gasteiger partial charge in [0, 0.05) is 17.6 Å². The molecule has 1 rings (SSSR count). The third-order valence-corrected chi connectivity index (χ3v) is 4.76. The van der Waals surface area contributed by atoms with E-state index in [9.17, 15) is 0 Å². The monoisotopic (exact) mass is 283 g/mol. The molecule has 0 heterocycles. The van der Waals surface area contributed by atoms with Gasteiger partial charge >= 0.3 is 0 Å². The molecule has 2 nitrogen and oxygen atoms in total. The largest absolute Gasteiger partial charge is 0.336 e. The van der Waals surface area contributed by atoms with Crippen molar-refractivity contribution in [1.29, 1.82) is 0 Å². The van der Waals surface area contributed by atoms with Crippen LogP contribution in [0.25, 0.3) is 0 Å². The summed E-state index contributed by atoms with van der Waals surface area (Å²) in [6.45, 7) is 14.7. The molecule has 1 unspecified atom stereocenters. The van der Waals surface area contributed by atoms with Crippen LogP contribution in [0.2, 0.25) is 5.02 Å². The van der Waals surface area contributed by atoms with Crippen molar-refractivity contribution in [2.45, 2.75) is 47.2 Å². The maximum absolute atomic E-state index is 6.07. The van der Waals surface area contributed by atoms with Crippen molar-refractivity contribution in [2.75, 3.05) is 25.0 Å². The van der Waals surface area contributed by atoms with Crippen LogP contribution in [-0.2, 0) is 6.42 Å². The third-order valence-electron chi connectivity index (χ3n) is 4.52. The molecule has 0 fully saturated rings. The number of quaternary nitrogens is 1. The van der Waals surface area contributed by atoms with Crippen molar-refractivity contribution in [3.63, 3.8) is 0 Å². The molecule has 0 aliphatic carbocycles. The number of aryl methyl sites for hydroxylation is 1. The summed E-state index contributed by atoms with van der Waals surface area (Å²) < 4.78 is 1.09. The van der Waals surface area contributed by atoms with Crippen LogP contribution in [0.3, 0.4) is 0 Å². The molecule has 1 aromatic rings. The molecule has 0 aliphatic heterocycles. The number of nitrogens with one attached hydrogen (secondary N) is 1. The van der Waals surface area contributed by atoms with E-state index in [1.807, 2.05) is 6.07 Å². The first kappa shape index (κ1) is 16.3. The Morgan fingerprint density at radius 2 is 1.68 bits per heavy atom. The highest BCUT2D eigenvalue weighted by Crippen LogP contribution is 2.24. The zero-order chi connectivity index (χ0) is 14.5. The molecule has 0 radical (unpaired) electrons. The first-order valence-electron chi connectivity index (χ1n) is 7.43. The molecule has 0 saturated carbocycles. The molecule has 1 N–H and O–H groups in total. The third kappa shape index (κ3) is 3.64.